The minimum atomic E-state index is -0.365. The van der Waals surface area contributed by atoms with Crippen LogP contribution >= 0.6 is 0 Å². The topological polar surface area (TPSA) is 47.9 Å². The van der Waals surface area contributed by atoms with Gasteiger partial charge in [-0.25, -0.2) is 4.79 Å². The number of aliphatic imine (C=N–C) groups is 1. The number of carbonyl (C=O) groups is 1. The number of ether oxygens (including phenoxy) is 2. The largest absolute Gasteiger partial charge is 0.460 e. The first-order valence-corrected chi connectivity index (χ1v) is 6.97. The van der Waals surface area contributed by atoms with Crippen molar-refractivity contribution in [3.8, 4) is 0 Å². The molecule has 1 aliphatic heterocycles. The van der Waals surface area contributed by atoms with Gasteiger partial charge in [-0.15, -0.1) is 0 Å². The van der Waals surface area contributed by atoms with Crippen LogP contribution in [0.4, 0.5) is 0 Å². The van der Waals surface area contributed by atoms with Crippen LogP contribution in [-0.4, -0.2) is 38.0 Å². The van der Waals surface area contributed by atoms with Crippen LogP contribution in [-0.2, 0) is 14.3 Å². The standard InChI is InChI=1S/C16H21NO3/c1-12(2)16(18)20-10-9-19-11-13-5-3-7-15-14(13)6-4-8-17-15/h3,5-6,8,13,15H,1,4,7,9-11H2,2H3. The number of dihydropyridines is 1. The monoisotopic (exact) mass is 275 g/mol. The van der Waals surface area contributed by atoms with Gasteiger partial charge in [0.05, 0.1) is 19.3 Å². The van der Waals surface area contributed by atoms with E-state index in [4.69, 9.17) is 9.47 Å². The van der Waals surface area contributed by atoms with Gasteiger partial charge in [0.2, 0.25) is 0 Å². The van der Waals surface area contributed by atoms with Gasteiger partial charge in [-0.3, -0.25) is 4.99 Å². The molecule has 0 spiro atoms. The molecular formula is C16H21NO3. The van der Waals surface area contributed by atoms with E-state index in [0.29, 0.717) is 30.7 Å². The van der Waals surface area contributed by atoms with Crippen LogP contribution in [0.15, 0.2) is 40.9 Å². The third-order valence-electron chi connectivity index (χ3n) is 3.39. The second kappa shape index (κ2) is 7.20. The van der Waals surface area contributed by atoms with Gasteiger partial charge in [-0.1, -0.05) is 24.8 Å². The number of fused-ring (bicyclic) bond motifs is 1. The van der Waals surface area contributed by atoms with E-state index in [-0.39, 0.29) is 12.6 Å². The van der Waals surface area contributed by atoms with Crippen LogP contribution in [0, 0.1) is 5.92 Å². The fourth-order valence-electron chi connectivity index (χ4n) is 2.36. The molecule has 20 heavy (non-hydrogen) atoms. The molecule has 4 heteroatoms. The summed E-state index contributed by atoms with van der Waals surface area (Å²) in [6.07, 6.45) is 10.5. The van der Waals surface area contributed by atoms with Crippen LogP contribution in [0.3, 0.4) is 0 Å². The maximum absolute atomic E-state index is 11.2. The maximum Gasteiger partial charge on any atom is 0.333 e. The molecule has 108 valence electrons. The van der Waals surface area contributed by atoms with Crippen molar-refractivity contribution in [2.75, 3.05) is 19.8 Å². The Morgan fingerprint density at radius 2 is 2.35 bits per heavy atom. The summed E-state index contributed by atoms with van der Waals surface area (Å²) in [5, 5.41) is 0. The molecule has 0 aromatic heterocycles. The summed E-state index contributed by atoms with van der Waals surface area (Å²) in [4.78, 5) is 15.7. The molecule has 0 aromatic carbocycles. The molecule has 0 saturated heterocycles. The van der Waals surface area contributed by atoms with E-state index in [9.17, 15) is 4.79 Å². The third-order valence-corrected chi connectivity index (χ3v) is 3.39. The molecule has 2 aliphatic rings. The summed E-state index contributed by atoms with van der Waals surface area (Å²) in [5.41, 5.74) is 1.77. The number of hydrogen-bond acceptors (Lipinski definition) is 4. The average Bonchev–Trinajstić information content (AvgIpc) is 2.46. The molecule has 0 amide bonds. The number of allylic oxidation sites excluding steroid dienone is 1. The molecule has 0 N–H and O–H groups in total. The first kappa shape index (κ1) is 14.7. The summed E-state index contributed by atoms with van der Waals surface area (Å²) in [6.45, 7) is 6.44. The van der Waals surface area contributed by atoms with Crippen molar-refractivity contribution in [1.29, 1.82) is 0 Å². The van der Waals surface area contributed by atoms with Crippen LogP contribution in [0.2, 0.25) is 0 Å². The summed E-state index contributed by atoms with van der Waals surface area (Å²) in [7, 11) is 0. The second-order valence-electron chi connectivity index (χ2n) is 5.05. The Hall–Kier alpha value is -1.68. The third kappa shape index (κ3) is 3.90. The highest BCUT2D eigenvalue weighted by molar-refractivity contribution is 5.86. The summed E-state index contributed by atoms with van der Waals surface area (Å²) in [5.74, 6) is -0.0707. The average molecular weight is 275 g/mol. The molecule has 0 saturated carbocycles. The minimum Gasteiger partial charge on any atom is -0.460 e. The first-order chi connectivity index (χ1) is 9.68. The number of hydrogen-bond donors (Lipinski definition) is 0. The Kier molecular flexibility index (Phi) is 5.30. The zero-order valence-electron chi connectivity index (χ0n) is 11.9. The summed E-state index contributed by atoms with van der Waals surface area (Å²) < 4.78 is 10.6. The van der Waals surface area contributed by atoms with Gasteiger partial charge in [-0.05, 0) is 18.9 Å². The zero-order chi connectivity index (χ0) is 14.4. The molecule has 2 unspecified atom stereocenters. The van der Waals surface area contributed by atoms with Crippen LogP contribution < -0.4 is 0 Å². The van der Waals surface area contributed by atoms with E-state index >= 15 is 0 Å². The molecule has 4 nitrogen and oxygen atoms in total. The van der Waals surface area contributed by atoms with Crippen LogP contribution in [0.25, 0.3) is 0 Å². The van der Waals surface area contributed by atoms with Gasteiger partial charge in [-0.2, -0.15) is 0 Å². The van der Waals surface area contributed by atoms with Gasteiger partial charge in [0.1, 0.15) is 6.61 Å². The highest BCUT2D eigenvalue weighted by atomic mass is 16.6. The predicted octanol–water partition coefficient (Wildman–Crippen LogP) is 2.47. The lowest BCUT2D eigenvalue weighted by molar-refractivity contribution is -0.140. The molecule has 0 aromatic rings. The highest BCUT2D eigenvalue weighted by Crippen LogP contribution is 2.29. The minimum absolute atomic E-state index is 0.267. The van der Waals surface area contributed by atoms with E-state index in [0.717, 1.165) is 12.8 Å². The normalized spacial score (nSPS) is 23.9. The van der Waals surface area contributed by atoms with Gasteiger partial charge in [0.15, 0.2) is 0 Å². The molecule has 1 heterocycles. The lowest BCUT2D eigenvalue weighted by Gasteiger charge is -2.28. The molecule has 0 bridgehead atoms. The Morgan fingerprint density at radius 3 is 3.15 bits per heavy atom. The van der Waals surface area contributed by atoms with Crippen molar-refractivity contribution >= 4 is 12.2 Å². The van der Waals surface area contributed by atoms with E-state index < -0.39 is 0 Å². The van der Waals surface area contributed by atoms with Gasteiger partial charge in [0.25, 0.3) is 0 Å². The van der Waals surface area contributed by atoms with Gasteiger partial charge < -0.3 is 9.47 Å². The molecule has 1 aliphatic carbocycles. The molecule has 0 radical (unpaired) electrons. The quantitative estimate of drug-likeness (QED) is 0.324. The molecule has 0 fully saturated rings. The van der Waals surface area contributed by atoms with E-state index in [1.54, 1.807) is 6.92 Å². The second-order valence-corrected chi connectivity index (χ2v) is 5.05. The summed E-state index contributed by atoms with van der Waals surface area (Å²) >= 11 is 0. The number of nitrogens with zero attached hydrogens (tertiary/aromatic N) is 1. The number of carbonyl (C=O) groups excluding carboxylic acids is 1. The fourth-order valence-corrected chi connectivity index (χ4v) is 2.36. The zero-order valence-corrected chi connectivity index (χ0v) is 11.9. The maximum atomic E-state index is 11.2. The van der Waals surface area contributed by atoms with Crippen molar-refractivity contribution < 1.29 is 14.3 Å². The van der Waals surface area contributed by atoms with Crippen molar-refractivity contribution in [3.05, 3.63) is 36.0 Å². The van der Waals surface area contributed by atoms with E-state index in [1.165, 1.54) is 5.57 Å². The fraction of sp³-hybridized carbons (Fsp3) is 0.500. The molecule has 2 atom stereocenters. The van der Waals surface area contributed by atoms with Gasteiger partial charge in [0, 0.05) is 24.1 Å². The van der Waals surface area contributed by atoms with Gasteiger partial charge >= 0.3 is 5.97 Å². The smallest absolute Gasteiger partial charge is 0.333 e. The number of esters is 1. The van der Waals surface area contributed by atoms with Crippen molar-refractivity contribution in [1.82, 2.24) is 0 Å². The molecular weight excluding hydrogens is 254 g/mol. The Bertz CT molecular complexity index is 462. The van der Waals surface area contributed by atoms with Crippen LogP contribution in [0.1, 0.15) is 19.8 Å². The first-order valence-electron chi connectivity index (χ1n) is 6.97. The SMILES string of the molecule is C=C(C)C(=O)OCCOCC1C=CCC2N=CCC=C12. The molecule has 2 rings (SSSR count). The lowest BCUT2D eigenvalue weighted by Crippen LogP contribution is -2.25. The lowest BCUT2D eigenvalue weighted by atomic mass is 9.85. The van der Waals surface area contributed by atoms with E-state index in [1.807, 2.05) is 6.21 Å². The van der Waals surface area contributed by atoms with E-state index in [2.05, 4.69) is 29.8 Å². The van der Waals surface area contributed by atoms with Crippen LogP contribution in [0.5, 0.6) is 0 Å². The van der Waals surface area contributed by atoms with Crippen molar-refractivity contribution in [3.63, 3.8) is 0 Å². The summed E-state index contributed by atoms with van der Waals surface area (Å²) in [6, 6.07) is 0.295. The highest BCUT2D eigenvalue weighted by Gasteiger charge is 2.24. The van der Waals surface area contributed by atoms with Crippen molar-refractivity contribution in [2.24, 2.45) is 10.9 Å². The Morgan fingerprint density at radius 1 is 1.50 bits per heavy atom. The van der Waals surface area contributed by atoms with Crippen molar-refractivity contribution in [2.45, 2.75) is 25.8 Å². The Labute approximate surface area is 119 Å². The Balaban J connectivity index is 1.70. The number of rotatable bonds is 6. The predicted molar refractivity (Wildman–Crippen MR) is 78.8 cm³/mol.